The minimum atomic E-state index is -4.69. The summed E-state index contributed by atoms with van der Waals surface area (Å²) in [6.07, 6.45) is -4.69. The lowest BCUT2D eigenvalue weighted by Gasteiger charge is -2.13. The summed E-state index contributed by atoms with van der Waals surface area (Å²) in [4.78, 5) is 0. The van der Waals surface area contributed by atoms with Crippen LogP contribution >= 0.6 is 12.4 Å². The van der Waals surface area contributed by atoms with Crippen molar-refractivity contribution in [3.63, 3.8) is 0 Å². The molecule has 17 heavy (non-hydrogen) atoms. The van der Waals surface area contributed by atoms with Gasteiger partial charge in [-0.15, -0.1) is 25.6 Å². The van der Waals surface area contributed by atoms with Gasteiger partial charge in [0.2, 0.25) is 0 Å². The molecule has 1 aromatic carbocycles. The van der Waals surface area contributed by atoms with E-state index in [0.29, 0.717) is 5.56 Å². The van der Waals surface area contributed by atoms with Crippen LogP contribution in [0, 0.1) is 0 Å². The van der Waals surface area contributed by atoms with Gasteiger partial charge in [0, 0.05) is 7.11 Å². The number of ether oxygens (including phenoxy) is 2. The molecule has 0 aromatic heterocycles. The smallest absolute Gasteiger partial charge is 0.406 e. The first kappa shape index (κ1) is 16.0. The quantitative estimate of drug-likeness (QED) is 0.916. The van der Waals surface area contributed by atoms with E-state index in [2.05, 4.69) is 4.74 Å². The van der Waals surface area contributed by atoms with Crippen molar-refractivity contribution >= 4 is 12.4 Å². The summed E-state index contributed by atoms with van der Waals surface area (Å²) in [7, 11) is 1.47. The molecule has 0 bridgehead atoms. The van der Waals surface area contributed by atoms with Crippen LogP contribution in [0.3, 0.4) is 0 Å². The molecule has 98 valence electrons. The molecule has 0 radical (unpaired) electrons. The number of alkyl halides is 3. The number of hydrogen-bond acceptors (Lipinski definition) is 3. The fourth-order valence-electron chi connectivity index (χ4n) is 1.22. The number of hydrogen-bond donors (Lipinski definition) is 1. The summed E-state index contributed by atoms with van der Waals surface area (Å²) < 4.78 is 44.4. The third-order valence-electron chi connectivity index (χ3n) is 1.87. The van der Waals surface area contributed by atoms with Crippen molar-refractivity contribution in [3.8, 4) is 5.75 Å². The minimum Gasteiger partial charge on any atom is -0.406 e. The molecule has 0 spiro atoms. The molecule has 0 saturated carbocycles. The van der Waals surface area contributed by atoms with Crippen LogP contribution in [0.4, 0.5) is 13.2 Å². The lowest BCUT2D eigenvalue weighted by molar-refractivity contribution is -0.274. The van der Waals surface area contributed by atoms with Gasteiger partial charge in [-0.1, -0.05) is 12.1 Å². The number of methoxy groups -OCH3 is 1. The largest absolute Gasteiger partial charge is 0.573 e. The second-order valence-corrected chi connectivity index (χ2v) is 3.18. The highest BCUT2D eigenvalue weighted by Crippen LogP contribution is 2.24. The second kappa shape index (κ2) is 6.68. The van der Waals surface area contributed by atoms with Crippen LogP contribution in [0.2, 0.25) is 0 Å². The molecule has 0 unspecified atom stereocenters. The molecule has 0 amide bonds. The highest BCUT2D eigenvalue weighted by molar-refractivity contribution is 5.85. The molecule has 0 aliphatic heterocycles. The maximum atomic E-state index is 11.9. The SMILES string of the molecule is COC[C@H](N)c1cccc(OC(F)(F)F)c1.Cl. The van der Waals surface area contributed by atoms with Crippen molar-refractivity contribution < 1.29 is 22.6 Å². The monoisotopic (exact) mass is 271 g/mol. The van der Waals surface area contributed by atoms with Gasteiger partial charge in [-0.25, -0.2) is 0 Å². The molecule has 1 aromatic rings. The fourth-order valence-corrected chi connectivity index (χ4v) is 1.22. The maximum Gasteiger partial charge on any atom is 0.573 e. The average molecular weight is 272 g/mol. The number of benzene rings is 1. The number of nitrogens with two attached hydrogens (primary N) is 1. The Balaban J connectivity index is 0.00000256. The molecule has 3 nitrogen and oxygen atoms in total. The zero-order chi connectivity index (χ0) is 12.2. The first-order valence-corrected chi connectivity index (χ1v) is 4.52. The van der Waals surface area contributed by atoms with Crippen LogP contribution in [0.5, 0.6) is 5.75 Å². The fraction of sp³-hybridized carbons (Fsp3) is 0.400. The van der Waals surface area contributed by atoms with Crippen LogP contribution in [-0.4, -0.2) is 20.1 Å². The topological polar surface area (TPSA) is 44.5 Å². The van der Waals surface area contributed by atoms with Crippen LogP contribution in [0.25, 0.3) is 0 Å². The zero-order valence-corrected chi connectivity index (χ0v) is 9.85. The van der Waals surface area contributed by atoms with Crippen LogP contribution in [0.1, 0.15) is 11.6 Å². The van der Waals surface area contributed by atoms with Gasteiger partial charge >= 0.3 is 6.36 Å². The van der Waals surface area contributed by atoms with Gasteiger partial charge in [-0.05, 0) is 17.7 Å². The summed E-state index contributed by atoms with van der Waals surface area (Å²) in [6.45, 7) is 0.232. The number of rotatable bonds is 4. The molecule has 0 fully saturated rings. The van der Waals surface area contributed by atoms with E-state index >= 15 is 0 Å². The van der Waals surface area contributed by atoms with E-state index in [1.165, 1.54) is 25.3 Å². The summed E-state index contributed by atoms with van der Waals surface area (Å²) in [5.74, 6) is -0.281. The predicted octanol–water partition coefficient (Wildman–Crippen LogP) is 2.65. The van der Waals surface area contributed by atoms with Crippen molar-refractivity contribution in [3.05, 3.63) is 29.8 Å². The molecule has 0 aliphatic carbocycles. The van der Waals surface area contributed by atoms with E-state index in [0.717, 1.165) is 0 Å². The first-order valence-electron chi connectivity index (χ1n) is 4.52. The van der Waals surface area contributed by atoms with Crippen LogP contribution in [-0.2, 0) is 4.74 Å². The Morgan fingerprint density at radius 3 is 2.53 bits per heavy atom. The van der Waals surface area contributed by atoms with Gasteiger partial charge < -0.3 is 15.2 Å². The number of halogens is 4. The molecule has 0 heterocycles. The van der Waals surface area contributed by atoms with Gasteiger partial charge in [0.25, 0.3) is 0 Å². The average Bonchev–Trinajstić information content (AvgIpc) is 2.16. The van der Waals surface area contributed by atoms with Gasteiger partial charge in [-0.2, -0.15) is 0 Å². The summed E-state index contributed by atoms with van der Waals surface area (Å²) in [5.41, 5.74) is 6.21. The van der Waals surface area contributed by atoms with Crippen molar-refractivity contribution in [1.82, 2.24) is 0 Å². The Morgan fingerprint density at radius 2 is 2.00 bits per heavy atom. The molecular formula is C10H13ClF3NO2. The van der Waals surface area contributed by atoms with E-state index in [9.17, 15) is 13.2 Å². The lowest BCUT2D eigenvalue weighted by Crippen LogP contribution is -2.19. The lowest BCUT2D eigenvalue weighted by atomic mass is 10.1. The summed E-state index contributed by atoms with van der Waals surface area (Å²) >= 11 is 0. The standard InChI is InChI=1S/C10H12F3NO2.ClH/c1-15-6-9(14)7-3-2-4-8(5-7)16-10(11,12)13;/h2-5,9H,6,14H2,1H3;1H/t9-;/m0./s1. The third-order valence-corrected chi connectivity index (χ3v) is 1.87. The van der Waals surface area contributed by atoms with Crippen molar-refractivity contribution in [2.45, 2.75) is 12.4 Å². The summed E-state index contributed by atoms with van der Waals surface area (Å²) in [5, 5.41) is 0. The van der Waals surface area contributed by atoms with E-state index in [4.69, 9.17) is 10.5 Å². The van der Waals surface area contributed by atoms with Crippen molar-refractivity contribution in [1.29, 1.82) is 0 Å². The van der Waals surface area contributed by atoms with E-state index in [1.807, 2.05) is 0 Å². The Kier molecular flexibility index (Phi) is 6.30. The predicted molar refractivity (Wildman–Crippen MR) is 59.2 cm³/mol. The zero-order valence-electron chi connectivity index (χ0n) is 9.03. The van der Waals surface area contributed by atoms with Crippen LogP contribution in [0.15, 0.2) is 24.3 Å². The van der Waals surface area contributed by atoms with Gasteiger partial charge in [-0.3, -0.25) is 0 Å². The molecule has 7 heteroatoms. The minimum absolute atomic E-state index is 0. The molecule has 1 atom stereocenters. The van der Waals surface area contributed by atoms with Crippen molar-refractivity contribution in [2.75, 3.05) is 13.7 Å². The molecular weight excluding hydrogens is 259 g/mol. The Labute approximate surface area is 103 Å². The van der Waals surface area contributed by atoms with Gasteiger partial charge in [0.05, 0.1) is 12.6 Å². The molecule has 0 aliphatic rings. The van der Waals surface area contributed by atoms with E-state index in [1.54, 1.807) is 6.07 Å². The molecule has 0 saturated heterocycles. The van der Waals surface area contributed by atoms with Crippen molar-refractivity contribution in [2.24, 2.45) is 5.73 Å². The second-order valence-electron chi connectivity index (χ2n) is 3.18. The molecule has 1 rings (SSSR count). The highest BCUT2D eigenvalue weighted by atomic mass is 35.5. The van der Waals surface area contributed by atoms with Gasteiger partial charge in [0.15, 0.2) is 0 Å². The Morgan fingerprint density at radius 1 is 1.35 bits per heavy atom. The highest BCUT2D eigenvalue weighted by Gasteiger charge is 2.31. The normalized spacial score (nSPS) is 12.8. The Hall–Kier alpha value is -0.980. The third kappa shape index (κ3) is 5.76. The van der Waals surface area contributed by atoms with Crippen LogP contribution < -0.4 is 10.5 Å². The molecule has 2 N–H and O–H groups in total. The first-order chi connectivity index (χ1) is 7.42. The Bertz CT molecular complexity index is 347. The van der Waals surface area contributed by atoms with E-state index in [-0.39, 0.29) is 24.8 Å². The van der Waals surface area contributed by atoms with E-state index < -0.39 is 12.4 Å². The maximum absolute atomic E-state index is 11.9. The van der Waals surface area contributed by atoms with Gasteiger partial charge in [0.1, 0.15) is 5.75 Å². The summed E-state index contributed by atoms with van der Waals surface area (Å²) in [6, 6.07) is 5.06.